The van der Waals surface area contributed by atoms with E-state index in [1.807, 2.05) is 24.3 Å². The van der Waals surface area contributed by atoms with Crippen molar-refractivity contribution < 1.29 is 0 Å². The summed E-state index contributed by atoms with van der Waals surface area (Å²) in [4.78, 5) is 0. The fourth-order valence-corrected chi connectivity index (χ4v) is 2.18. The van der Waals surface area contributed by atoms with Gasteiger partial charge in [-0.25, -0.2) is 0 Å². The molecule has 0 radical (unpaired) electrons. The van der Waals surface area contributed by atoms with E-state index in [9.17, 15) is 0 Å². The average molecular weight is 242 g/mol. The number of benzene rings is 2. The van der Waals surface area contributed by atoms with Crippen molar-refractivity contribution in [1.29, 1.82) is 0 Å². The molecule has 3 rings (SSSR count). The van der Waals surface area contributed by atoms with Gasteiger partial charge in [-0.05, 0) is 29.3 Å². The summed E-state index contributed by atoms with van der Waals surface area (Å²) >= 11 is 5.89. The van der Waals surface area contributed by atoms with Crippen LogP contribution in [0.25, 0.3) is 6.08 Å². The van der Waals surface area contributed by atoms with Crippen LogP contribution in [0.15, 0.2) is 54.6 Å². The summed E-state index contributed by atoms with van der Waals surface area (Å²) in [5.41, 5.74) is 3.63. The van der Waals surface area contributed by atoms with E-state index in [1.54, 1.807) is 0 Å². The summed E-state index contributed by atoms with van der Waals surface area (Å²) in [6.07, 6.45) is 4.33. The van der Waals surface area contributed by atoms with Crippen LogP contribution in [0, 0.1) is 0 Å². The molecule has 0 saturated heterocycles. The maximum absolute atomic E-state index is 5.89. The molecular formula is C15H12ClN. The molecule has 2 heteroatoms. The largest absolute Gasteiger partial charge is 0.374 e. The molecule has 0 fully saturated rings. The quantitative estimate of drug-likeness (QED) is 0.774. The molecular weight excluding hydrogens is 230 g/mol. The lowest BCUT2D eigenvalue weighted by atomic mass is 10.00. The second-order valence-electron chi connectivity index (χ2n) is 4.12. The molecule has 0 aromatic heterocycles. The molecule has 17 heavy (non-hydrogen) atoms. The van der Waals surface area contributed by atoms with E-state index in [2.05, 4.69) is 41.7 Å². The normalized spacial score (nSPS) is 17.4. The standard InChI is InChI=1S/C15H12ClN/c16-13-8-5-12(6-9-13)15-10-7-11-3-1-2-4-14(11)17-15/h1-10,15,17H. The molecule has 1 N–H and O–H groups in total. The predicted octanol–water partition coefficient (Wildman–Crippen LogP) is 4.52. The van der Waals surface area contributed by atoms with Crippen LogP contribution in [0.3, 0.4) is 0 Å². The van der Waals surface area contributed by atoms with Gasteiger partial charge in [0.25, 0.3) is 0 Å². The molecule has 1 unspecified atom stereocenters. The van der Waals surface area contributed by atoms with Crippen molar-refractivity contribution in [3.05, 3.63) is 70.8 Å². The number of hydrogen-bond acceptors (Lipinski definition) is 1. The number of halogens is 1. The highest BCUT2D eigenvalue weighted by molar-refractivity contribution is 6.30. The summed E-state index contributed by atoms with van der Waals surface area (Å²) in [5.74, 6) is 0. The topological polar surface area (TPSA) is 12.0 Å². The van der Waals surface area contributed by atoms with Gasteiger partial charge in [0.05, 0.1) is 6.04 Å². The molecule has 0 aliphatic carbocycles. The van der Waals surface area contributed by atoms with Crippen molar-refractivity contribution in [2.45, 2.75) is 6.04 Å². The highest BCUT2D eigenvalue weighted by Gasteiger charge is 2.13. The second-order valence-corrected chi connectivity index (χ2v) is 4.56. The third-order valence-electron chi connectivity index (χ3n) is 2.97. The molecule has 0 saturated carbocycles. The third-order valence-corrected chi connectivity index (χ3v) is 3.22. The minimum absolute atomic E-state index is 0.224. The summed E-state index contributed by atoms with van der Waals surface area (Å²) in [6.45, 7) is 0. The highest BCUT2D eigenvalue weighted by Crippen LogP contribution is 2.30. The van der Waals surface area contributed by atoms with Gasteiger partial charge in [-0.3, -0.25) is 0 Å². The van der Waals surface area contributed by atoms with Crippen molar-refractivity contribution in [3.8, 4) is 0 Å². The molecule has 1 nitrogen and oxygen atoms in total. The van der Waals surface area contributed by atoms with Crippen molar-refractivity contribution in [3.63, 3.8) is 0 Å². The van der Waals surface area contributed by atoms with Gasteiger partial charge in [-0.15, -0.1) is 0 Å². The molecule has 2 aromatic rings. The first kappa shape index (κ1) is 10.4. The molecule has 2 aromatic carbocycles. The van der Waals surface area contributed by atoms with Gasteiger partial charge in [0.1, 0.15) is 0 Å². The number of para-hydroxylation sites is 1. The van der Waals surface area contributed by atoms with E-state index in [0.717, 1.165) is 5.02 Å². The molecule has 1 aliphatic rings. The molecule has 0 spiro atoms. The van der Waals surface area contributed by atoms with Crippen LogP contribution in [0.2, 0.25) is 5.02 Å². The maximum atomic E-state index is 5.89. The van der Waals surface area contributed by atoms with Gasteiger partial charge in [-0.1, -0.05) is 54.1 Å². The van der Waals surface area contributed by atoms with Crippen molar-refractivity contribution in [2.24, 2.45) is 0 Å². The summed E-state index contributed by atoms with van der Waals surface area (Å²) in [7, 11) is 0. The van der Waals surface area contributed by atoms with Crippen LogP contribution in [0.4, 0.5) is 5.69 Å². The third kappa shape index (κ3) is 2.06. The molecule has 1 atom stereocenters. The smallest absolute Gasteiger partial charge is 0.0701 e. The van der Waals surface area contributed by atoms with E-state index < -0.39 is 0 Å². The fraction of sp³-hybridized carbons (Fsp3) is 0.0667. The maximum Gasteiger partial charge on any atom is 0.0701 e. The van der Waals surface area contributed by atoms with Crippen LogP contribution in [-0.4, -0.2) is 0 Å². The summed E-state index contributed by atoms with van der Waals surface area (Å²) < 4.78 is 0. The Morgan fingerprint density at radius 3 is 2.53 bits per heavy atom. The molecule has 1 heterocycles. The lowest BCUT2D eigenvalue weighted by Crippen LogP contribution is -2.11. The highest BCUT2D eigenvalue weighted by atomic mass is 35.5. The van der Waals surface area contributed by atoms with Crippen LogP contribution >= 0.6 is 11.6 Å². The molecule has 1 aliphatic heterocycles. The lowest BCUT2D eigenvalue weighted by Gasteiger charge is -2.22. The van der Waals surface area contributed by atoms with Crippen LogP contribution < -0.4 is 5.32 Å². The number of rotatable bonds is 1. The van der Waals surface area contributed by atoms with Crippen LogP contribution in [-0.2, 0) is 0 Å². The van der Waals surface area contributed by atoms with Crippen LogP contribution in [0.1, 0.15) is 17.2 Å². The molecule has 84 valence electrons. The van der Waals surface area contributed by atoms with E-state index >= 15 is 0 Å². The Bertz CT molecular complexity index is 557. The van der Waals surface area contributed by atoms with Gasteiger partial charge < -0.3 is 5.32 Å². The average Bonchev–Trinajstić information content (AvgIpc) is 2.39. The first-order valence-electron chi connectivity index (χ1n) is 5.62. The zero-order valence-corrected chi connectivity index (χ0v) is 9.98. The van der Waals surface area contributed by atoms with Crippen LogP contribution in [0.5, 0.6) is 0 Å². The molecule has 0 amide bonds. The fourth-order valence-electron chi connectivity index (χ4n) is 2.05. The summed E-state index contributed by atoms with van der Waals surface area (Å²) in [5, 5.41) is 4.27. The monoisotopic (exact) mass is 241 g/mol. The van der Waals surface area contributed by atoms with Gasteiger partial charge in [0.15, 0.2) is 0 Å². The van der Waals surface area contributed by atoms with E-state index in [4.69, 9.17) is 11.6 Å². The van der Waals surface area contributed by atoms with Crippen molar-refractivity contribution in [1.82, 2.24) is 0 Å². The molecule has 0 bridgehead atoms. The first-order valence-corrected chi connectivity index (χ1v) is 6.00. The van der Waals surface area contributed by atoms with Gasteiger partial charge in [0, 0.05) is 10.7 Å². The zero-order valence-electron chi connectivity index (χ0n) is 9.23. The Morgan fingerprint density at radius 2 is 1.71 bits per heavy atom. The predicted molar refractivity (Wildman–Crippen MR) is 73.3 cm³/mol. The number of hydrogen-bond donors (Lipinski definition) is 1. The van der Waals surface area contributed by atoms with Gasteiger partial charge in [-0.2, -0.15) is 0 Å². The van der Waals surface area contributed by atoms with Gasteiger partial charge >= 0.3 is 0 Å². The lowest BCUT2D eigenvalue weighted by molar-refractivity contribution is 0.979. The first-order chi connectivity index (χ1) is 8.33. The van der Waals surface area contributed by atoms with E-state index in [0.29, 0.717) is 0 Å². The SMILES string of the molecule is Clc1ccc(C2C=Cc3ccccc3N2)cc1. The number of nitrogens with one attached hydrogen (secondary N) is 1. The van der Waals surface area contributed by atoms with Gasteiger partial charge in [0.2, 0.25) is 0 Å². The Kier molecular flexibility index (Phi) is 2.62. The summed E-state index contributed by atoms with van der Waals surface area (Å²) in [6, 6.07) is 16.5. The van der Waals surface area contributed by atoms with Crippen molar-refractivity contribution in [2.75, 3.05) is 5.32 Å². The zero-order chi connectivity index (χ0) is 11.7. The van der Waals surface area contributed by atoms with Crippen molar-refractivity contribution >= 4 is 23.4 Å². The van der Waals surface area contributed by atoms with E-state index in [1.165, 1.54) is 16.8 Å². The number of fused-ring (bicyclic) bond motifs is 1. The Balaban J connectivity index is 1.92. The number of anilines is 1. The Morgan fingerprint density at radius 1 is 0.941 bits per heavy atom. The Labute approximate surface area is 106 Å². The minimum Gasteiger partial charge on any atom is -0.374 e. The van der Waals surface area contributed by atoms with E-state index in [-0.39, 0.29) is 6.04 Å². The minimum atomic E-state index is 0.224. The second kappa shape index (κ2) is 4.27. The Hall–Kier alpha value is -1.73.